The third-order valence-electron chi connectivity index (χ3n) is 4.40. The molecule has 1 aromatic rings. The number of nitrogens with two attached hydrogens (primary N) is 1. The van der Waals surface area contributed by atoms with Crippen molar-refractivity contribution in [3.8, 4) is 11.8 Å². The van der Waals surface area contributed by atoms with Crippen LogP contribution >= 0.6 is 12.4 Å². The van der Waals surface area contributed by atoms with Crippen molar-refractivity contribution in [2.24, 2.45) is 5.73 Å². The van der Waals surface area contributed by atoms with Crippen molar-refractivity contribution in [3.05, 3.63) is 29.6 Å². The van der Waals surface area contributed by atoms with Crippen LogP contribution in [0.5, 0.6) is 5.75 Å². The second kappa shape index (κ2) is 9.32. The lowest BCUT2D eigenvalue weighted by atomic mass is 10.1. The highest BCUT2D eigenvalue weighted by molar-refractivity contribution is 5.85. The second-order valence-corrected chi connectivity index (χ2v) is 6.29. The highest BCUT2D eigenvalue weighted by Crippen LogP contribution is 2.20. The van der Waals surface area contributed by atoms with Crippen LogP contribution in [0.2, 0.25) is 0 Å². The molecule has 1 aromatic carbocycles. The van der Waals surface area contributed by atoms with Gasteiger partial charge in [-0.15, -0.1) is 12.4 Å². The van der Waals surface area contributed by atoms with E-state index >= 15 is 0 Å². The van der Waals surface area contributed by atoms with Crippen LogP contribution in [0.4, 0.5) is 4.39 Å². The van der Waals surface area contributed by atoms with Gasteiger partial charge in [0.15, 0.2) is 11.6 Å². The molecule has 2 aliphatic rings. The molecule has 0 spiro atoms. The molecular formula is C17H24ClFN4O2. The third kappa shape index (κ3) is 5.27. The summed E-state index contributed by atoms with van der Waals surface area (Å²) in [4.78, 5) is 4.67. The fourth-order valence-electron chi connectivity index (χ4n) is 3.38. The first-order chi connectivity index (χ1) is 11.7. The van der Waals surface area contributed by atoms with Gasteiger partial charge in [-0.3, -0.25) is 9.80 Å². The van der Waals surface area contributed by atoms with Crippen molar-refractivity contribution in [1.82, 2.24) is 9.80 Å². The molecule has 0 aliphatic carbocycles. The standard InChI is InChI=1S/C17H23FN4O2.ClH/c18-16-7-13(8-20)1-2-17(16)23-6-5-22-11-14-9-21(4-3-19)10-15(12-22)24-14;/h1-2,7,14-15H,3-6,9-12,19H2;1H. The molecule has 2 unspecified atom stereocenters. The minimum atomic E-state index is -0.495. The fraction of sp³-hybridized carbons (Fsp3) is 0.588. The lowest BCUT2D eigenvalue weighted by Crippen LogP contribution is -2.60. The van der Waals surface area contributed by atoms with Crippen molar-refractivity contribution in [3.63, 3.8) is 0 Å². The average molecular weight is 371 g/mol. The Morgan fingerprint density at radius 3 is 2.40 bits per heavy atom. The average Bonchev–Trinajstić information content (AvgIpc) is 2.56. The molecule has 2 aliphatic heterocycles. The van der Waals surface area contributed by atoms with Gasteiger partial charge in [0.2, 0.25) is 0 Å². The van der Waals surface area contributed by atoms with E-state index in [-0.39, 0.29) is 30.4 Å². The van der Waals surface area contributed by atoms with Crippen molar-refractivity contribution >= 4 is 12.4 Å². The number of hydrogen-bond donors (Lipinski definition) is 1. The Bertz CT molecular complexity index is 599. The summed E-state index contributed by atoms with van der Waals surface area (Å²) in [6.07, 6.45) is 0.409. The molecule has 138 valence electrons. The van der Waals surface area contributed by atoms with Gasteiger partial charge in [0.05, 0.1) is 23.8 Å². The van der Waals surface area contributed by atoms with Crippen LogP contribution in [0.15, 0.2) is 18.2 Å². The predicted molar refractivity (Wildman–Crippen MR) is 94.5 cm³/mol. The zero-order valence-electron chi connectivity index (χ0n) is 14.1. The smallest absolute Gasteiger partial charge is 0.166 e. The number of morpholine rings is 2. The van der Waals surface area contributed by atoms with Gasteiger partial charge in [-0.05, 0) is 18.2 Å². The molecule has 25 heavy (non-hydrogen) atoms. The number of ether oxygens (including phenoxy) is 2. The summed E-state index contributed by atoms with van der Waals surface area (Å²) in [6.45, 7) is 6.27. The number of rotatable bonds is 6. The molecule has 2 atom stereocenters. The molecule has 8 heteroatoms. The third-order valence-corrected chi connectivity index (χ3v) is 4.40. The van der Waals surface area contributed by atoms with Crippen molar-refractivity contribution in [2.45, 2.75) is 12.2 Å². The van der Waals surface area contributed by atoms with Gasteiger partial charge in [0, 0.05) is 45.8 Å². The first-order valence-corrected chi connectivity index (χ1v) is 8.30. The second-order valence-electron chi connectivity index (χ2n) is 6.29. The van der Waals surface area contributed by atoms with Crippen LogP contribution in [-0.4, -0.2) is 74.4 Å². The summed E-state index contributed by atoms with van der Waals surface area (Å²) < 4.78 is 25.3. The Hall–Kier alpha value is -1.43. The first-order valence-electron chi connectivity index (χ1n) is 8.30. The van der Waals surface area contributed by atoms with Gasteiger partial charge in [-0.2, -0.15) is 5.26 Å². The number of halogens is 2. The summed E-state index contributed by atoms with van der Waals surface area (Å²) in [5, 5.41) is 8.74. The van der Waals surface area contributed by atoms with E-state index in [2.05, 4.69) is 9.80 Å². The van der Waals surface area contributed by atoms with Crippen LogP contribution in [0.1, 0.15) is 5.56 Å². The molecule has 0 saturated carbocycles. The minimum absolute atomic E-state index is 0. The maximum Gasteiger partial charge on any atom is 0.166 e. The summed E-state index contributed by atoms with van der Waals surface area (Å²) in [7, 11) is 0. The SMILES string of the molecule is Cl.N#Cc1ccc(OCCN2CC3CN(CCN)CC(C2)O3)c(F)c1. The van der Waals surface area contributed by atoms with Gasteiger partial charge in [0.1, 0.15) is 6.61 Å². The lowest BCUT2D eigenvalue weighted by Gasteiger charge is -2.45. The highest BCUT2D eigenvalue weighted by atomic mass is 35.5. The Kier molecular flexibility index (Phi) is 7.41. The van der Waals surface area contributed by atoms with Crippen molar-refractivity contribution < 1.29 is 13.9 Å². The zero-order chi connectivity index (χ0) is 16.9. The summed E-state index contributed by atoms with van der Waals surface area (Å²) in [6, 6.07) is 6.17. The number of nitriles is 1. The van der Waals surface area contributed by atoms with E-state index in [4.69, 9.17) is 20.5 Å². The van der Waals surface area contributed by atoms with Crippen LogP contribution in [0.3, 0.4) is 0 Å². The summed E-state index contributed by atoms with van der Waals surface area (Å²) >= 11 is 0. The number of fused-ring (bicyclic) bond motifs is 2. The van der Waals surface area contributed by atoms with Crippen molar-refractivity contribution in [1.29, 1.82) is 5.26 Å². The van der Waals surface area contributed by atoms with Gasteiger partial charge in [-0.1, -0.05) is 0 Å². The molecule has 2 heterocycles. The molecule has 6 nitrogen and oxygen atoms in total. The van der Waals surface area contributed by atoms with E-state index < -0.39 is 5.82 Å². The van der Waals surface area contributed by atoms with E-state index in [1.165, 1.54) is 12.1 Å². The highest BCUT2D eigenvalue weighted by Gasteiger charge is 2.34. The van der Waals surface area contributed by atoms with Crippen LogP contribution in [0.25, 0.3) is 0 Å². The summed E-state index contributed by atoms with van der Waals surface area (Å²) in [5.41, 5.74) is 5.92. The molecule has 0 aromatic heterocycles. The Morgan fingerprint density at radius 1 is 1.20 bits per heavy atom. The van der Waals surface area contributed by atoms with Gasteiger partial charge in [-0.25, -0.2) is 4.39 Å². The summed E-state index contributed by atoms with van der Waals surface area (Å²) in [5.74, 6) is -0.304. The zero-order valence-corrected chi connectivity index (χ0v) is 14.9. The molecule has 2 N–H and O–H groups in total. The van der Waals surface area contributed by atoms with E-state index in [1.807, 2.05) is 6.07 Å². The molecule has 0 radical (unpaired) electrons. The van der Waals surface area contributed by atoms with Gasteiger partial charge in [0.25, 0.3) is 0 Å². The number of hydrogen-bond acceptors (Lipinski definition) is 6. The Labute approximate surface area is 153 Å². The largest absolute Gasteiger partial charge is 0.489 e. The van der Waals surface area contributed by atoms with E-state index in [9.17, 15) is 4.39 Å². The number of nitrogens with zero attached hydrogens (tertiary/aromatic N) is 3. The molecular weight excluding hydrogens is 347 g/mol. The monoisotopic (exact) mass is 370 g/mol. The number of benzene rings is 1. The maximum atomic E-state index is 13.8. The normalized spacial score (nSPS) is 23.6. The lowest BCUT2D eigenvalue weighted by molar-refractivity contribution is -0.138. The molecule has 2 fully saturated rings. The maximum absolute atomic E-state index is 13.8. The fourth-order valence-corrected chi connectivity index (χ4v) is 3.38. The predicted octanol–water partition coefficient (Wildman–Crippen LogP) is 0.842. The van der Waals surface area contributed by atoms with E-state index in [0.717, 1.165) is 39.3 Å². The topological polar surface area (TPSA) is 74.8 Å². The van der Waals surface area contributed by atoms with Crippen molar-refractivity contribution in [2.75, 3.05) is 52.4 Å². The van der Waals surface area contributed by atoms with Crippen LogP contribution < -0.4 is 10.5 Å². The molecule has 3 rings (SSSR count). The quantitative estimate of drug-likeness (QED) is 0.800. The Balaban J connectivity index is 0.00000225. The van der Waals surface area contributed by atoms with Crippen LogP contribution in [0, 0.1) is 17.1 Å². The molecule has 0 amide bonds. The minimum Gasteiger partial charge on any atom is -0.489 e. The molecule has 2 bridgehead atoms. The van der Waals surface area contributed by atoms with E-state index in [0.29, 0.717) is 18.7 Å². The molecule has 2 saturated heterocycles. The Morgan fingerprint density at radius 2 is 1.84 bits per heavy atom. The van der Waals surface area contributed by atoms with Crippen LogP contribution in [-0.2, 0) is 4.74 Å². The van der Waals surface area contributed by atoms with Gasteiger partial charge < -0.3 is 15.2 Å². The van der Waals surface area contributed by atoms with E-state index in [1.54, 1.807) is 6.07 Å². The van der Waals surface area contributed by atoms with Gasteiger partial charge >= 0.3 is 0 Å². The first kappa shape index (κ1) is 19.9.